The van der Waals surface area contributed by atoms with E-state index in [-0.39, 0.29) is 5.91 Å². The molecule has 0 radical (unpaired) electrons. The number of hydrogen-bond acceptors (Lipinski definition) is 6. The van der Waals surface area contributed by atoms with Crippen molar-refractivity contribution in [3.8, 4) is 5.75 Å². The topological polar surface area (TPSA) is 84.3 Å². The molecule has 3 aromatic rings. The van der Waals surface area contributed by atoms with Gasteiger partial charge in [0.1, 0.15) is 18.1 Å². The number of anilines is 3. The second-order valence-corrected chi connectivity index (χ2v) is 7.51. The number of benzene rings is 2. The summed E-state index contributed by atoms with van der Waals surface area (Å²) in [6.45, 7) is 8.02. The number of carbonyl (C=O) groups excluding carboxylic acids is 1. The number of aromatic nitrogens is 3. The quantitative estimate of drug-likeness (QED) is 0.586. The Morgan fingerprint density at radius 3 is 2.56 bits per heavy atom. The molecule has 0 saturated heterocycles. The van der Waals surface area contributed by atoms with Gasteiger partial charge in [-0.05, 0) is 50.6 Å². The van der Waals surface area contributed by atoms with Gasteiger partial charge in [-0.25, -0.2) is 4.68 Å². The largest absolute Gasteiger partial charge is 0.495 e. The Kier molecular flexibility index (Phi) is 6.11. The zero-order valence-electron chi connectivity index (χ0n) is 18.8. The van der Waals surface area contributed by atoms with E-state index in [1.54, 1.807) is 11.8 Å². The molecule has 2 N–H and O–H groups in total. The number of fused-ring (bicyclic) bond motifs is 1. The number of nitrogens with zero attached hydrogens (tertiary/aromatic N) is 4. The van der Waals surface area contributed by atoms with Crippen molar-refractivity contribution in [1.82, 2.24) is 14.8 Å². The molecule has 2 heterocycles. The second-order valence-electron chi connectivity index (χ2n) is 7.51. The third-order valence-corrected chi connectivity index (χ3v) is 5.73. The minimum absolute atomic E-state index is 0.224. The van der Waals surface area contributed by atoms with Crippen LogP contribution in [0.4, 0.5) is 17.3 Å². The highest BCUT2D eigenvalue weighted by atomic mass is 16.5. The Labute approximate surface area is 187 Å². The van der Waals surface area contributed by atoms with Crippen LogP contribution >= 0.6 is 0 Å². The number of carbonyl (C=O) groups is 1. The fourth-order valence-corrected chi connectivity index (χ4v) is 4.09. The van der Waals surface area contributed by atoms with Crippen molar-refractivity contribution in [3.05, 3.63) is 71.7 Å². The number of para-hydroxylation sites is 2. The molecular weight excluding hydrogens is 404 g/mol. The first-order valence-electron chi connectivity index (χ1n) is 10.7. The lowest BCUT2D eigenvalue weighted by Crippen LogP contribution is -2.31. The van der Waals surface area contributed by atoms with Gasteiger partial charge in [-0.2, -0.15) is 10.1 Å². The lowest BCUT2D eigenvalue weighted by atomic mass is 9.94. The van der Waals surface area contributed by atoms with Gasteiger partial charge in [-0.15, -0.1) is 0 Å². The molecule has 8 nitrogen and oxygen atoms in total. The Morgan fingerprint density at radius 1 is 1.16 bits per heavy atom. The van der Waals surface area contributed by atoms with Crippen molar-refractivity contribution < 1.29 is 9.53 Å². The number of methoxy groups -OCH3 is 1. The molecule has 32 heavy (non-hydrogen) atoms. The maximum atomic E-state index is 13.5. The summed E-state index contributed by atoms with van der Waals surface area (Å²) in [5.74, 6) is 0.983. The Morgan fingerprint density at radius 2 is 1.88 bits per heavy atom. The van der Waals surface area contributed by atoms with Gasteiger partial charge in [-0.3, -0.25) is 4.79 Å². The third-order valence-electron chi connectivity index (χ3n) is 5.73. The van der Waals surface area contributed by atoms with E-state index in [1.165, 1.54) is 6.33 Å². The summed E-state index contributed by atoms with van der Waals surface area (Å²) in [4.78, 5) is 20.1. The smallest absolute Gasteiger partial charge is 0.255 e. The molecular formula is C24H28N6O2. The molecule has 1 aromatic heterocycles. The highest BCUT2D eigenvalue weighted by Crippen LogP contribution is 2.36. The van der Waals surface area contributed by atoms with E-state index in [0.29, 0.717) is 23.0 Å². The number of amides is 1. The molecule has 0 unspecified atom stereocenters. The van der Waals surface area contributed by atoms with Crippen molar-refractivity contribution in [2.75, 3.05) is 35.7 Å². The number of allylic oxidation sites excluding steroid dienone is 1. The van der Waals surface area contributed by atoms with E-state index in [9.17, 15) is 4.79 Å². The molecule has 0 aliphatic carbocycles. The summed E-state index contributed by atoms with van der Waals surface area (Å²) in [6.07, 6.45) is 1.49. The minimum atomic E-state index is -0.408. The van der Waals surface area contributed by atoms with Gasteiger partial charge in [0.25, 0.3) is 5.91 Å². The summed E-state index contributed by atoms with van der Waals surface area (Å²) >= 11 is 0. The molecule has 166 valence electrons. The molecule has 0 saturated carbocycles. The van der Waals surface area contributed by atoms with E-state index in [1.807, 2.05) is 31.2 Å². The Bertz CT molecular complexity index is 1130. The van der Waals surface area contributed by atoms with Gasteiger partial charge in [0.2, 0.25) is 5.95 Å². The van der Waals surface area contributed by atoms with Crippen LogP contribution in [0.2, 0.25) is 0 Å². The van der Waals surface area contributed by atoms with Gasteiger partial charge < -0.3 is 20.3 Å². The molecule has 1 atom stereocenters. The molecule has 1 aliphatic rings. The normalized spacial score (nSPS) is 15.1. The van der Waals surface area contributed by atoms with E-state index in [0.717, 1.165) is 30.0 Å². The van der Waals surface area contributed by atoms with Crippen molar-refractivity contribution in [2.24, 2.45) is 0 Å². The van der Waals surface area contributed by atoms with E-state index in [2.05, 4.69) is 63.7 Å². The first-order chi connectivity index (χ1) is 15.6. The molecule has 1 amide bonds. The van der Waals surface area contributed by atoms with Gasteiger partial charge in [-0.1, -0.05) is 24.3 Å². The monoisotopic (exact) mass is 432 g/mol. The summed E-state index contributed by atoms with van der Waals surface area (Å²) in [7, 11) is 1.58. The minimum Gasteiger partial charge on any atom is -0.495 e. The lowest BCUT2D eigenvalue weighted by molar-refractivity contribution is -0.113. The molecule has 0 fully saturated rings. The molecule has 2 aromatic carbocycles. The maximum Gasteiger partial charge on any atom is 0.255 e. The predicted molar refractivity (Wildman–Crippen MR) is 126 cm³/mol. The van der Waals surface area contributed by atoms with Crippen LogP contribution in [0, 0.1) is 0 Å². The van der Waals surface area contributed by atoms with Crippen LogP contribution < -0.4 is 20.3 Å². The van der Waals surface area contributed by atoms with Gasteiger partial charge in [0.05, 0.1) is 18.4 Å². The number of nitrogens with one attached hydrogen (secondary N) is 2. The van der Waals surface area contributed by atoms with Crippen LogP contribution in [-0.4, -0.2) is 40.9 Å². The average molecular weight is 433 g/mol. The number of ether oxygens (including phenoxy) is 1. The van der Waals surface area contributed by atoms with Crippen molar-refractivity contribution in [2.45, 2.75) is 26.8 Å². The SMILES string of the molecule is CCN(CC)c1ccc([C@@H]2C(C(=O)Nc3ccccc3OC)=C(C)Nc3ncnn32)cc1. The van der Waals surface area contributed by atoms with E-state index >= 15 is 0 Å². The second kappa shape index (κ2) is 9.13. The summed E-state index contributed by atoms with van der Waals surface area (Å²) in [5, 5.41) is 10.6. The first-order valence-corrected chi connectivity index (χ1v) is 10.7. The lowest BCUT2D eigenvalue weighted by Gasteiger charge is -2.29. The average Bonchev–Trinajstić information content (AvgIpc) is 3.28. The van der Waals surface area contributed by atoms with Gasteiger partial charge >= 0.3 is 0 Å². The number of hydrogen-bond donors (Lipinski definition) is 2. The van der Waals surface area contributed by atoms with Crippen LogP contribution in [0.1, 0.15) is 32.4 Å². The van der Waals surface area contributed by atoms with Gasteiger partial charge in [0, 0.05) is 24.5 Å². The van der Waals surface area contributed by atoms with Crippen LogP contribution in [0.15, 0.2) is 66.1 Å². The standard InChI is InChI=1S/C24H28N6O2/c1-5-29(6-2)18-13-11-17(12-14-18)22-21(16(3)27-24-25-15-26-30(22)24)23(31)28-19-9-7-8-10-20(19)32-4/h7-15,22H,5-6H2,1-4H3,(H,28,31)(H,25,26,27)/t22-/m1/s1. The Balaban J connectivity index is 1.72. The van der Waals surface area contributed by atoms with E-state index < -0.39 is 6.04 Å². The maximum absolute atomic E-state index is 13.5. The van der Waals surface area contributed by atoms with Crippen LogP contribution in [0.25, 0.3) is 0 Å². The van der Waals surface area contributed by atoms with Gasteiger partial charge in [0.15, 0.2) is 0 Å². The predicted octanol–water partition coefficient (Wildman–Crippen LogP) is 4.06. The van der Waals surface area contributed by atoms with Crippen LogP contribution in [0.3, 0.4) is 0 Å². The fourth-order valence-electron chi connectivity index (χ4n) is 4.09. The highest BCUT2D eigenvalue weighted by Gasteiger charge is 2.33. The summed E-state index contributed by atoms with van der Waals surface area (Å²) in [5.41, 5.74) is 4.02. The molecule has 0 bridgehead atoms. The zero-order chi connectivity index (χ0) is 22.7. The molecule has 4 rings (SSSR count). The number of rotatable bonds is 7. The van der Waals surface area contributed by atoms with Crippen molar-refractivity contribution in [3.63, 3.8) is 0 Å². The zero-order valence-corrected chi connectivity index (χ0v) is 18.8. The molecule has 8 heteroatoms. The van der Waals surface area contributed by atoms with Crippen LogP contribution in [0.5, 0.6) is 5.75 Å². The summed E-state index contributed by atoms with van der Waals surface area (Å²) < 4.78 is 7.14. The van der Waals surface area contributed by atoms with Crippen molar-refractivity contribution >= 4 is 23.2 Å². The van der Waals surface area contributed by atoms with E-state index in [4.69, 9.17) is 4.74 Å². The first kappa shape index (κ1) is 21.4. The summed E-state index contributed by atoms with van der Waals surface area (Å²) in [6, 6.07) is 15.2. The molecule has 1 aliphatic heterocycles. The van der Waals surface area contributed by atoms with Crippen LogP contribution in [-0.2, 0) is 4.79 Å². The Hall–Kier alpha value is -3.81. The third kappa shape index (κ3) is 3.91. The molecule has 0 spiro atoms. The fraction of sp³-hybridized carbons (Fsp3) is 0.292. The van der Waals surface area contributed by atoms with Crippen molar-refractivity contribution in [1.29, 1.82) is 0 Å². The highest BCUT2D eigenvalue weighted by molar-refractivity contribution is 6.06.